The molecular formula is C13H16N4O2. The van der Waals surface area contributed by atoms with Crippen LogP contribution in [0.15, 0.2) is 24.5 Å². The molecule has 3 rings (SSSR count). The van der Waals surface area contributed by atoms with Crippen molar-refractivity contribution in [3.05, 3.63) is 24.5 Å². The Bertz CT molecular complexity index is 595. The molecule has 1 N–H and O–H groups in total. The van der Waals surface area contributed by atoms with Gasteiger partial charge < -0.3 is 10.1 Å². The minimum Gasteiger partial charge on any atom is -0.378 e. The Morgan fingerprint density at radius 3 is 3.21 bits per heavy atom. The van der Waals surface area contributed by atoms with E-state index in [2.05, 4.69) is 15.4 Å². The normalized spacial score (nSPS) is 23.4. The first-order valence-corrected chi connectivity index (χ1v) is 6.47. The number of hydrogen-bond acceptors (Lipinski definition) is 4. The molecule has 1 fully saturated rings. The van der Waals surface area contributed by atoms with E-state index in [9.17, 15) is 4.79 Å². The van der Waals surface area contributed by atoms with Gasteiger partial charge in [-0.2, -0.15) is 9.61 Å². The van der Waals surface area contributed by atoms with Crippen LogP contribution in [0.25, 0.3) is 5.65 Å². The maximum Gasteiger partial charge on any atom is 0.231 e. The summed E-state index contributed by atoms with van der Waals surface area (Å²) in [4.78, 5) is 16.5. The summed E-state index contributed by atoms with van der Waals surface area (Å²) >= 11 is 0. The second-order valence-electron chi connectivity index (χ2n) is 4.75. The van der Waals surface area contributed by atoms with Crippen molar-refractivity contribution >= 4 is 17.4 Å². The second-order valence-corrected chi connectivity index (χ2v) is 4.75. The molecule has 1 aliphatic heterocycles. The van der Waals surface area contributed by atoms with Crippen LogP contribution in [0, 0.1) is 5.92 Å². The van der Waals surface area contributed by atoms with Gasteiger partial charge in [0.05, 0.1) is 18.2 Å². The summed E-state index contributed by atoms with van der Waals surface area (Å²) in [5.41, 5.74) is 0.714. The molecule has 100 valence electrons. The van der Waals surface area contributed by atoms with Crippen LogP contribution >= 0.6 is 0 Å². The maximum absolute atomic E-state index is 12.3. The minimum absolute atomic E-state index is 0.0183. The van der Waals surface area contributed by atoms with Crippen molar-refractivity contribution in [1.82, 2.24) is 14.6 Å². The Morgan fingerprint density at radius 2 is 2.37 bits per heavy atom. The molecule has 2 aromatic rings. The van der Waals surface area contributed by atoms with Gasteiger partial charge >= 0.3 is 0 Å². The summed E-state index contributed by atoms with van der Waals surface area (Å²) in [5.74, 6) is 0.514. The highest BCUT2D eigenvalue weighted by Gasteiger charge is 2.29. The van der Waals surface area contributed by atoms with Gasteiger partial charge in [-0.1, -0.05) is 0 Å². The summed E-state index contributed by atoms with van der Waals surface area (Å²) in [6.07, 6.45) is 5.07. The van der Waals surface area contributed by atoms with Crippen molar-refractivity contribution in [1.29, 1.82) is 0 Å². The number of carbonyl (C=O) groups excluding carboxylic acids is 1. The number of amides is 1. The molecule has 3 heterocycles. The van der Waals surface area contributed by atoms with Crippen LogP contribution in [-0.2, 0) is 9.53 Å². The van der Waals surface area contributed by atoms with Crippen LogP contribution in [0.2, 0.25) is 0 Å². The van der Waals surface area contributed by atoms with E-state index < -0.39 is 0 Å². The Balaban J connectivity index is 1.80. The van der Waals surface area contributed by atoms with Gasteiger partial charge in [0.25, 0.3) is 0 Å². The lowest BCUT2D eigenvalue weighted by atomic mass is 9.94. The van der Waals surface area contributed by atoms with Crippen LogP contribution in [-0.4, -0.2) is 33.2 Å². The zero-order chi connectivity index (χ0) is 13.2. The Kier molecular flexibility index (Phi) is 3.16. The molecule has 0 spiro atoms. The smallest absolute Gasteiger partial charge is 0.231 e. The highest BCUT2D eigenvalue weighted by molar-refractivity contribution is 5.92. The number of aromatic nitrogens is 3. The van der Waals surface area contributed by atoms with Crippen molar-refractivity contribution in [2.75, 3.05) is 11.9 Å². The molecule has 6 heteroatoms. The summed E-state index contributed by atoms with van der Waals surface area (Å²) in [6, 6.07) is 3.54. The maximum atomic E-state index is 12.3. The Morgan fingerprint density at radius 1 is 1.47 bits per heavy atom. The number of fused-ring (bicyclic) bond motifs is 1. The van der Waals surface area contributed by atoms with Crippen LogP contribution in [0.4, 0.5) is 5.82 Å². The third-order valence-corrected chi connectivity index (χ3v) is 3.49. The van der Waals surface area contributed by atoms with Gasteiger partial charge in [0, 0.05) is 18.9 Å². The van der Waals surface area contributed by atoms with Crippen molar-refractivity contribution in [2.45, 2.75) is 25.9 Å². The molecule has 2 atom stereocenters. The van der Waals surface area contributed by atoms with Gasteiger partial charge in [-0.3, -0.25) is 4.79 Å². The van der Waals surface area contributed by atoms with Gasteiger partial charge in [0.15, 0.2) is 5.65 Å². The van der Waals surface area contributed by atoms with Gasteiger partial charge in [0.1, 0.15) is 5.82 Å². The van der Waals surface area contributed by atoms with Crippen molar-refractivity contribution in [3.63, 3.8) is 0 Å². The number of anilines is 1. The molecule has 0 aromatic carbocycles. The van der Waals surface area contributed by atoms with E-state index in [-0.39, 0.29) is 17.9 Å². The molecule has 1 saturated heterocycles. The van der Waals surface area contributed by atoms with E-state index >= 15 is 0 Å². The fraction of sp³-hybridized carbons (Fsp3) is 0.462. The van der Waals surface area contributed by atoms with Crippen LogP contribution < -0.4 is 5.32 Å². The number of ether oxygens (including phenoxy) is 1. The molecule has 0 saturated carbocycles. The molecule has 0 radical (unpaired) electrons. The molecule has 2 unspecified atom stereocenters. The number of nitrogens with one attached hydrogen (secondary N) is 1. The highest BCUT2D eigenvalue weighted by Crippen LogP contribution is 2.22. The van der Waals surface area contributed by atoms with E-state index in [1.165, 1.54) is 0 Å². The predicted octanol–water partition coefficient (Wildman–Crippen LogP) is 1.48. The lowest BCUT2D eigenvalue weighted by Gasteiger charge is -2.27. The van der Waals surface area contributed by atoms with Crippen LogP contribution in [0.1, 0.15) is 19.8 Å². The summed E-state index contributed by atoms with van der Waals surface area (Å²) in [7, 11) is 0. The first kappa shape index (κ1) is 12.1. The average molecular weight is 260 g/mol. The van der Waals surface area contributed by atoms with Crippen LogP contribution in [0.5, 0.6) is 0 Å². The number of carbonyl (C=O) groups is 1. The SMILES string of the molecule is CC1OCCCC1C(=O)Nc1ccnc2ccnn12. The lowest BCUT2D eigenvalue weighted by molar-refractivity contribution is -0.127. The summed E-state index contributed by atoms with van der Waals surface area (Å²) in [6.45, 7) is 2.68. The van der Waals surface area contributed by atoms with E-state index in [0.29, 0.717) is 11.5 Å². The topological polar surface area (TPSA) is 68.5 Å². The summed E-state index contributed by atoms with van der Waals surface area (Å²) in [5, 5.41) is 7.06. The number of hydrogen-bond donors (Lipinski definition) is 1. The largest absolute Gasteiger partial charge is 0.378 e. The second kappa shape index (κ2) is 4.97. The zero-order valence-electron chi connectivity index (χ0n) is 10.7. The van der Waals surface area contributed by atoms with Gasteiger partial charge in [-0.15, -0.1) is 0 Å². The fourth-order valence-electron chi connectivity index (χ4n) is 2.42. The van der Waals surface area contributed by atoms with E-state index in [4.69, 9.17) is 4.74 Å². The van der Waals surface area contributed by atoms with Crippen molar-refractivity contribution in [2.24, 2.45) is 5.92 Å². The number of rotatable bonds is 2. The molecule has 6 nitrogen and oxygen atoms in total. The fourth-order valence-corrected chi connectivity index (χ4v) is 2.42. The molecular weight excluding hydrogens is 244 g/mol. The van der Waals surface area contributed by atoms with Gasteiger partial charge in [-0.25, -0.2) is 4.98 Å². The van der Waals surface area contributed by atoms with E-state index in [1.807, 2.05) is 6.92 Å². The highest BCUT2D eigenvalue weighted by atomic mass is 16.5. The third kappa shape index (κ3) is 2.31. The first-order chi connectivity index (χ1) is 9.25. The quantitative estimate of drug-likeness (QED) is 0.888. The van der Waals surface area contributed by atoms with E-state index in [1.54, 1.807) is 29.0 Å². The Hall–Kier alpha value is -1.95. The minimum atomic E-state index is -0.104. The zero-order valence-corrected chi connectivity index (χ0v) is 10.7. The first-order valence-electron chi connectivity index (χ1n) is 6.47. The molecule has 0 bridgehead atoms. The Labute approximate surface area is 110 Å². The molecule has 1 amide bonds. The van der Waals surface area contributed by atoms with Crippen molar-refractivity contribution < 1.29 is 9.53 Å². The lowest BCUT2D eigenvalue weighted by Crippen LogP contribution is -2.36. The van der Waals surface area contributed by atoms with Crippen molar-refractivity contribution in [3.8, 4) is 0 Å². The average Bonchev–Trinajstić information content (AvgIpc) is 2.88. The third-order valence-electron chi connectivity index (χ3n) is 3.49. The standard InChI is InChI=1S/C13H16N4O2/c1-9-10(3-2-8-19-9)13(18)16-12-4-6-14-11-5-7-15-17(11)12/h4-7,9-10H,2-3,8H2,1H3,(H,16,18). The molecule has 2 aromatic heterocycles. The summed E-state index contributed by atoms with van der Waals surface area (Å²) < 4.78 is 7.14. The number of nitrogens with zero attached hydrogens (tertiary/aromatic N) is 3. The molecule has 1 aliphatic rings. The van der Waals surface area contributed by atoms with E-state index in [0.717, 1.165) is 19.4 Å². The van der Waals surface area contributed by atoms with Gasteiger partial charge in [-0.05, 0) is 25.8 Å². The predicted molar refractivity (Wildman–Crippen MR) is 69.8 cm³/mol. The molecule has 0 aliphatic carbocycles. The van der Waals surface area contributed by atoms with Gasteiger partial charge in [0.2, 0.25) is 5.91 Å². The molecule has 19 heavy (non-hydrogen) atoms. The van der Waals surface area contributed by atoms with Crippen LogP contribution in [0.3, 0.4) is 0 Å². The monoisotopic (exact) mass is 260 g/mol.